The van der Waals surface area contributed by atoms with E-state index in [1.165, 1.54) is 19.4 Å². The SMILES string of the molecule is COc1cc(C=NNC(=O)CNC(=O)c2ccc(Cl)cc2)ccc1OC(=O)c1ccccc1Cl. The van der Waals surface area contributed by atoms with Gasteiger partial charge < -0.3 is 14.8 Å². The molecule has 0 unspecified atom stereocenters. The van der Waals surface area contributed by atoms with E-state index in [0.717, 1.165) is 0 Å². The zero-order chi connectivity index (χ0) is 24.5. The van der Waals surface area contributed by atoms with Gasteiger partial charge in [0, 0.05) is 10.6 Å². The highest BCUT2D eigenvalue weighted by molar-refractivity contribution is 6.33. The number of rotatable bonds is 8. The monoisotopic (exact) mass is 499 g/mol. The lowest BCUT2D eigenvalue weighted by Crippen LogP contribution is -2.34. The molecule has 34 heavy (non-hydrogen) atoms. The number of benzene rings is 3. The van der Waals surface area contributed by atoms with E-state index in [9.17, 15) is 14.4 Å². The molecule has 174 valence electrons. The van der Waals surface area contributed by atoms with Crippen molar-refractivity contribution >= 4 is 47.2 Å². The van der Waals surface area contributed by atoms with Gasteiger partial charge in [0.05, 0.1) is 30.5 Å². The largest absolute Gasteiger partial charge is 0.493 e. The number of nitrogens with one attached hydrogen (secondary N) is 2. The Morgan fingerprint density at radius 3 is 2.41 bits per heavy atom. The number of ether oxygens (including phenoxy) is 2. The minimum Gasteiger partial charge on any atom is -0.493 e. The standard InChI is InChI=1S/C24H19Cl2N3O5/c1-33-21-12-15(6-11-20(21)34-24(32)18-4-2-3-5-19(18)26)13-28-29-22(30)14-27-23(31)16-7-9-17(25)10-8-16/h2-13H,14H2,1H3,(H,27,31)(H,29,30). The Labute approximate surface area is 205 Å². The van der Waals surface area contributed by atoms with Gasteiger partial charge in [0.1, 0.15) is 0 Å². The van der Waals surface area contributed by atoms with Gasteiger partial charge in [-0.2, -0.15) is 5.10 Å². The van der Waals surface area contributed by atoms with Crippen molar-refractivity contribution in [3.8, 4) is 11.5 Å². The van der Waals surface area contributed by atoms with Gasteiger partial charge in [-0.1, -0.05) is 35.3 Å². The van der Waals surface area contributed by atoms with Crippen LogP contribution in [0.5, 0.6) is 11.5 Å². The predicted molar refractivity (Wildman–Crippen MR) is 129 cm³/mol. The second-order valence-corrected chi connectivity index (χ2v) is 7.61. The summed E-state index contributed by atoms with van der Waals surface area (Å²) >= 11 is 11.8. The van der Waals surface area contributed by atoms with E-state index in [1.54, 1.807) is 60.7 Å². The minimum atomic E-state index is -0.627. The normalized spacial score (nSPS) is 10.6. The minimum absolute atomic E-state index is 0.193. The van der Waals surface area contributed by atoms with Crippen molar-refractivity contribution in [1.29, 1.82) is 0 Å². The number of carbonyl (C=O) groups excluding carboxylic acids is 3. The Morgan fingerprint density at radius 2 is 1.71 bits per heavy atom. The third-order valence-corrected chi connectivity index (χ3v) is 4.98. The van der Waals surface area contributed by atoms with E-state index in [-0.39, 0.29) is 28.6 Å². The molecule has 3 aromatic carbocycles. The summed E-state index contributed by atoms with van der Waals surface area (Å²) in [4.78, 5) is 36.3. The average Bonchev–Trinajstić information content (AvgIpc) is 2.84. The van der Waals surface area contributed by atoms with Crippen LogP contribution in [-0.4, -0.2) is 37.7 Å². The summed E-state index contributed by atoms with van der Waals surface area (Å²) in [6.45, 7) is -0.265. The lowest BCUT2D eigenvalue weighted by Gasteiger charge is -2.10. The van der Waals surface area contributed by atoms with Crippen molar-refractivity contribution in [3.05, 3.63) is 93.5 Å². The molecule has 0 saturated heterocycles. The molecule has 0 bridgehead atoms. The number of amides is 2. The highest BCUT2D eigenvalue weighted by atomic mass is 35.5. The first-order chi connectivity index (χ1) is 16.4. The summed E-state index contributed by atoms with van der Waals surface area (Å²) < 4.78 is 10.7. The van der Waals surface area contributed by atoms with E-state index < -0.39 is 17.8 Å². The van der Waals surface area contributed by atoms with Crippen LogP contribution in [0.25, 0.3) is 0 Å². The van der Waals surface area contributed by atoms with Gasteiger partial charge in [-0.15, -0.1) is 0 Å². The van der Waals surface area contributed by atoms with Crippen LogP contribution in [0, 0.1) is 0 Å². The lowest BCUT2D eigenvalue weighted by atomic mass is 10.2. The number of hydrogen-bond donors (Lipinski definition) is 2. The maximum absolute atomic E-state index is 12.4. The molecule has 3 rings (SSSR count). The average molecular weight is 500 g/mol. The molecule has 0 aliphatic rings. The molecule has 0 fully saturated rings. The molecule has 0 heterocycles. The Bertz CT molecular complexity index is 1230. The Kier molecular flexibility index (Phi) is 8.61. The van der Waals surface area contributed by atoms with Gasteiger partial charge in [-0.3, -0.25) is 9.59 Å². The second-order valence-electron chi connectivity index (χ2n) is 6.76. The highest BCUT2D eigenvalue weighted by Crippen LogP contribution is 2.29. The van der Waals surface area contributed by atoms with Crippen molar-refractivity contribution in [3.63, 3.8) is 0 Å². The highest BCUT2D eigenvalue weighted by Gasteiger charge is 2.15. The van der Waals surface area contributed by atoms with Gasteiger partial charge >= 0.3 is 5.97 Å². The van der Waals surface area contributed by atoms with E-state index >= 15 is 0 Å². The molecule has 3 aromatic rings. The molecule has 8 nitrogen and oxygen atoms in total. The number of hydrazone groups is 1. The van der Waals surface area contributed by atoms with Crippen LogP contribution < -0.4 is 20.2 Å². The Morgan fingerprint density at radius 1 is 0.971 bits per heavy atom. The molecule has 0 atom stereocenters. The van der Waals surface area contributed by atoms with Crippen molar-refractivity contribution in [2.45, 2.75) is 0 Å². The van der Waals surface area contributed by atoms with Crippen molar-refractivity contribution in [2.24, 2.45) is 5.10 Å². The molecule has 0 aliphatic heterocycles. The summed E-state index contributed by atoms with van der Waals surface area (Å²) in [7, 11) is 1.42. The smallest absolute Gasteiger partial charge is 0.345 e. The Hall–Kier alpha value is -3.88. The van der Waals surface area contributed by atoms with E-state index in [2.05, 4.69) is 15.8 Å². The van der Waals surface area contributed by atoms with Gasteiger partial charge in [0.25, 0.3) is 11.8 Å². The first-order valence-corrected chi connectivity index (χ1v) is 10.6. The third-order valence-electron chi connectivity index (χ3n) is 4.40. The van der Waals surface area contributed by atoms with Crippen LogP contribution in [0.4, 0.5) is 0 Å². The molecule has 2 N–H and O–H groups in total. The molecule has 0 spiro atoms. The number of halogens is 2. The van der Waals surface area contributed by atoms with Gasteiger partial charge in [-0.25, -0.2) is 10.2 Å². The summed E-state index contributed by atoms with van der Waals surface area (Å²) in [5.41, 5.74) is 3.48. The summed E-state index contributed by atoms with van der Waals surface area (Å²) in [5.74, 6) is -1.08. The van der Waals surface area contributed by atoms with Crippen LogP contribution in [0.3, 0.4) is 0 Å². The molecular formula is C24H19Cl2N3O5. The molecule has 10 heteroatoms. The predicted octanol–water partition coefficient (Wildman–Crippen LogP) is 4.10. The molecule has 2 amide bonds. The summed E-state index contributed by atoms with van der Waals surface area (Å²) in [6, 6.07) is 17.5. The maximum atomic E-state index is 12.4. The molecular weight excluding hydrogens is 481 g/mol. The third kappa shape index (κ3) is 6.81. The van der Waals surface area contributed by atoms with Crippen LogP contribution in [0.2, 0.25) is 10.0 Å². The van der Waals surface area contributed by atoms with Crippen molar-refractivity contribution in [2.75, 3.05) is 13.7 Å². The molecule has 0 radical (unpaired) electrons. The number of methoxy groups -OCH3 is 1. The number of hydrogen-bond acceptors (Lipinski definition) is 6. The quantitative estimate of drug-likeness (QED) is 0.210. The molecule has 0 aliphatic carbocycles. The van der Waals surface area contributed by atoms with Crippen LogP contribution in [0.1, 0.15) is 26.3 Å². The zero-order valence-electron chi connectivity index (χ0n) is 17.9. The number of nitrogens with zero attached hydrogens (tertiary/aromatic N) is 1. The maximum Gasteiger partial charge on any atom is 0.345 e. The Balaban J connectivity index is 1.55. The summed E-state index contributed by atoms with van der Waals surface area (Å²) in [5, 5.41) is 7.12. The van der Waals surface area contributed by atoms with Gasteiger partial charge in [0.2, 0.25) is 0 Å². The number of carbonyl (C=O) groups is 3. The van der Waals surface area contributed by atoms with Crippen LogP contribution >= 0.6 is 23.2 Å². The molecule has 0 aromatic heterocycles. The van der Waals surface area contributed by atoms with Gasteiger partial charge in [-0.05, 0) is 60.2 Å². The fourth-order valence-electron chi connectivity index (χ4n) is 2.71. The van der Waals surface area contributed by atoms with Crippen LogP contribution in [0.15, 0.2) is 71.8 Å². The van der Waals surface area contributed by atoms with Crippen LogP contribution in [-0.2, 0) is 4.79 Å². The first kappa shape index (κ1) is 24.8. The summed E-state index contributed by atoms with van der Waals surface area (Å²) in [6.07, 6.45) is 1.38. The topological polar surface area (TPSA) is 106 Å². The van der Waals surface area contributed by atoms with Crippen molar-refractivity contribution in [1.82, 2.24) is 10.7 Å². The molecule has 0 saturated carbocycles. The van der Waals surface area contributed by atoms with E-state index in [0.29, 0.717) is 16.1 Å². The van der Waals surface area contributed by atoms with E-state index in [1.807, 2.05) is 0 Å². The van der Waals surface area contributed by atoms with Gasteiger partial charge in [0.15, 0.2) is 11.5 Å². The number of esters is 1. The van der Waals surface area contributed by atoms with E-state index in [4.69, 9.17) is 32.7 Å². The first-order valence-electron chi connectivity index (χ1n) is 9.88. The lowest BCUT2D eigenvalue weighted by molar-refractivity contribution is -0.120. The van der Waals surface area contributed by atoms with Crippen molar-refractivity contribution < 1.29 is 23.9 Å². The fraction of sp³-hybridized carbons (Fsp3) is 0.0833. The second kappa shape index (κ2) is 11.8. The zero-order valence-corrected chi connectivity index (χ0v) is 19.4. The fourth-order valence-corrected chi connectivity index (χ4v) is 3.05.